The fourth-order valence-corrected chi connectivity index (χ4v) is 2.20. The first kappa shape index (κ1) is 19.6. The first-order valence-electron chi connectivity index (χ1n) is 7.79. The maximum Gasteiger partial charge on any atom is 0.349 e. The molecule has 8 heteroatoms. The number of carboxylic acid groups (broad SMARTS) is 2. The van der Waals surface area contributed by atoms with Crippen molar-refractivity contribution < 1.29 is 38.9 Å². The van der Waals surface area contributed by atoms with Crippen molar-refractivity contribution in [3.05, 3.63) is 71.3 Å². The number of carbonyl (C=O) groups excluding carboxylic acids is 2. The van der Waals surface area contributed by atoms with Crippen molar-refractivity contribution in [3.63, 3.8) is 0 Å². The highest BCUT2D eigenvalue weighted by molar-refractivity contribution is 5.95. The molecule has 140 valence electrons. The maximum atomic E-state index is 12.2. The van der Waals surface area contributed by atoms with Gasteiger partial charge in [-0.2, -0.15) is 0 Å². The standard InChI is InChI=1S/C19H16O8/c1-11-6-5-9-13(10-11)19(25)27-15(17(22)23)14(16(20)21)26-18(24)12-7-3-2-4-8-12/h2-10,14-15H,1H3,(H,20,21)(H,22,23)/t14-,15-/m0/s1. The Labute approximate surface area is 154 Å². The Kier molecular flexibility index (Phi) is 6.27. The quantitative estimate of drug-likeness (QED) is 0.706. The molecule has 27 heavy (non-hydrogen) atoms. The second-order valence-corrected chi connectivity index (χ2v) is 5.56. The number of carbonyl (C=O) groups is 4. The number of aliphatic carboxylic acids is 2. The number of esters is 2. The lowest BCUT2D eigenvalue weighted by Crippen LogP contribution is -2.45. The van der Waals surface area contributed by atoms with Crippen molar-refractivity contribution in [1.29, 1.82) is 0 Å². The summed E-state index contributed by atoms with van der Waals surface area (Å²) in [5, 5.41) is 18.6. The normalized spacial score (nSPS) is 12.5. The van der Waals surface area contributed by atoms with Crippen molar-refractivity contribution in [2.75, 3.05) is 0 Å². The maximum absolute atomic E-state index is 12.2. The molecule has 0 spiro atoms. The van der Waals surface area contributed by atoms with E-state index in [1.165, 1.54) is 36.4 Å². The van der Waals surface area contributed by atoms with Gasteiger partial charge in [0.2, 0.25) is 12.2 Å². The number of carboxylic acids is 2. The zero-order valence-corrected chi connectivity index (χ0v) is 14.2. The Hall–Kier alpha value is -3.68. The average molecular weight is 372 g/mol. The van der Waals surface area contributed by atoms with Crippen molar-refractivity contribution >= 4 is 23.9 Å². The Morgan fingerprint density at radius 2 is 1.22 bits per heavy atom. The molecule has 0 heterocycles. The van der Waals surface area contributed by atoms with Crippen molar-refractivity contribution in [2.45, 2.75) is 19.1 Å². The van der Waals surface area contributed by atoms with Gasteiger partial charge in [0, 0.05) is 0 Å². The van der Waals surface area contributed by atoms with E-state index in [2.05, 4.69) is 0 Å². The van der Waals surface area contributed by atoms with Crippen LogP contribution in [0.15, 0.2) is 54.6 Å². The third kappa shape index (κ3) is 5.15. The van der Waals surface area contributed by atoms with Crippen LogP contribution in [0.1, 0.15) is 26.3 Å². The predicted octanol–water partition coefficient (Wildman–Crippen LogP) is 1.92. The minimum atomic E-state index is -2.22. The predicted molar refractivity (Wildman–Crippen MR) is 91.3 cm³/mol. The number of hydrogen-bond donors (Lipinski definition) is 2. The molecule has 2 aromatic rings. The van der Waals surface area contributed by atoms with Crippen LogP contribution in [0.2, 0.25) is 0 Å². The molecule has 0 radical (unpaired) electrons. The highest BCUT2D eigenvalue weighted by atomic mass is 16.6. The summed E-state index contributed by atoms with van der Waals surface area (Å²) in [5.41, 5.74) is 0.791. The summed E-state index contributed by atoms with van der Waals surface area (Å²) >= 11 is 0. The van der Waals surface area contributed by atoms with Gasteiger partial charge in [-0.1, -0.05) is 35.9 Å². The lowest BCUT2D eigenvalue weighted by Gasteiger charge is -2.21. The zero-order chi connectivity index (χ0) is 20.0. The van der Waals surface area contributed by atoms with Crippen LogP contribution in [-0.4, -0.2) is 46.3 Å². The molecular formula is C19H16O8. The van der Waals surface area contributed by atoms with Gasteiger partial charge >= 0.3 is 23.9 Å². The summed E-state index contributed by atoms with van der Waals surface area (Å²) in [6, 6.07) is 13.5. The Morgan fingerprint density at radius 3 is 1.70 bits per heavy atom. The van der Waals surface area contributed by atoms with Crippen LogP contribution in [0.4, 0.5) is 0 Å². The van der Waals surface area contributed by atoms with Crippen LogP contribution in [0.3, 0.4) is 0 Å². The summed E-state index contributed by atoms with van der Waals surface area (Å²) in [5.74, 6) is -5.62. The van der Waals surface area contributed by atoms with E-state index in [1.807, 2.05) is 0 Å². The van der Waals surface area contributed by atoms with Crippen LogP contribution in [0, 0.1) is 6.92 Å². The lowest BCUT2D eigenvalue weighted by atomic mass is 10.1. The fraction of sp³-hybridized carbons (Fsp3) is 0.158. The lowest BCUT2D eigenvalue weighted by molar-refractivity contribution is -0.166. The van der Waals surface area contributed by atoms with Gasteiger partial charge in [0.25, 0.3) is 0 Å². The van der Waals surface area contributed by atoms with E-state index in [9.17, 15) is 29.4 Å². The van der Waals surface area contributed by atoms with Gasteiger partial charge in [-0.15, -0.1) is 0 Å². The highest BCUT2D eigenvalue weighted by Gasteiger charge is 2.41. The topological polar surface area (TPSA) is 127 Å². The molecule has 2 atom stereocenters. The number of rotatable bonds is 7. The molecule has 0 bridgehead atoms. The van der Waals surface area contributed by atoms with Crippen LogP contribution in [0.5, 0.6) is 0 Å². The molecule has 0 aliphatic carbocycles. The molecule has 0 saturated heterocycles. The zero-order valence-electron chi connectivity index (χ0n) is 14.2. The molecule has 0 aliphatic rings. The molecule has 0 aliphatic heterocycles. The number of aryl methyl sites for hydroxylation is 1. The van der Waals surface area contributed by atoms with Gasteiger partial charge in [-0.3, -0.25) is 0 Å². The molecule has 8 nitrogen and oxygen atoms in total. The third-order valence-corrected chi connectivity index (χ3v) is 3.49. The van der Waals surface area contributed by atoms with Crippen LogP contribution in [-0.2, 0) is 19.1 Å². The molecule has 0 fully saturated rings. The summed E-state index contributed by atoms with van der Waals surface area (Å²) in [6.45, 7) is 1.72. The molecular weight excluding hydrogens is 356 g/mol. The summed E-state index contributed by atoms with van der Waals surface area (Å²) in [6.07, 6.45) is -4.44. The van der Waals surface area contributed by atoms with Crippen LogP contribution in [0.25, 0.3) is 0 Å². The van der Waals surface area contributed by atoms with E-state index in [1.54, 1.807) is 25.1 Å². The Balaban J connectivity index is 2.22. The minimum Gasteiger partial charge on any atom is -0.478 e. The number of benzene rings is 2. The van der Waals surface area contributed by atoms with Crippen molar-refractivity contribution in [3.8, 4) is 0 Å². The van der Waals surface area contributed by atoms with E-state index in [-0.39, 0.29) is 11.1 Å². The molecule has 2 N–H and O–H groups in total. The first-order valence-corrected chi connectivity index (χ1v) is 7.79. The second-order valence-electron chi connectivity index (χ2n) is 5.56. The monoisotopic (exact) mass is 372 g/mol. The third-order valence-electron chi connectivity index (χ3n) is 3.49. The van der Waals surface area contributed by atoms with Crippen molar-refractivity contribution in [2.24, 2.45) is 0 Å². The molecule has 0 aromatic heterocycles. The highest BCUT2D eigenvalue weighted by Crippen LogP contribution is 2.14. The first-order chi connectivity index (χ1) is 12.8. The largest absolute Gasteiger partial charge is 0.478 e. The smallest absolute Gasteiger partial charge is 0.349 e. The second kappa shape index (κ2) is 8.61. The fourth-order valence-electron chi connectivity index (χ4n) is 2.20. The van der Waals surface area contributed by atoms with E-state index in [0.29, 0.717) is 0 Å². The number of hydrogen-bond acceptors (Lipinski definition) is 6. The van der Waals surface area contributed by atoms with E-state index < -0.39 is 36.1 Å². The van der Waals surface area contributed by atoms with E-state index in [4.69, 9.17) is 9.47 Å². The molecule has 0 amide bonds. The van der Waals surface area contributed by atoms with Crippen LogP contribution < -0.4 is 0 Å². The van der Waals surface area contributed by atoms with Gasteiger partial charge in [-0.05, 0) is 31.2 Å². The van der Waals surface area contributed by atoms with Gasteiger partial charge in [0.15, 0.2) is 0 Å². The molecule has 2 aromatic carbocycles. The van der Waals surface area contributed by atoms with Crippen LogP contribution >= 0.6 is 0 Å². The number of ether oxygens (including phenoxy) is 2. The van der Waals surface area contributed by atoms with Gasteiger partial charge < -0.3 is 19.7 Å². The van der Waals surface area contributed by atoms with E-state index >= 15 is 0 Å². The molecule has 2 rings (SSSR count). The summed E-state index contributed by atoms with van der Waals surface area (Å²) < 4.78 is 9.60. The summed E-state index contributed by atoms with van der Waals surface area (Å²) in [7, 11) is 0. The van der Waals surface area contributed by atoms with Crippen molar-refractivity contribution in [1.82, 2.24) is 0 Å². The SMILES string of the molecule is Cc1cccc(C(=O)O[C@H](C(=O)O)[C@H](OC(=O)c2ccccc2)C(=O)O)c1. The molecule has 0 saturated carbocycles. The van der Waals surface area contributed by atoms with Gasteiger partial charge in [0.1, 0.15) is 0 Å². The Morgan fingerprint density at radius 1 is 0.741 bits per heavy atom. The molecule has 0 unspecified atom stereocenters. The van der Waals surface area contributed by atoms with Gasteiger partial charge in [-0.25, -0.2) is 19.2 Å². The van der Waals surface area contributed by atoms with E-state index in [0.717, 1.165) is 5.56 Å². The van der Waals surface area contributed by atoms with Gasteiger partial charge in [0.05, 0.1) is 11.1 Å². The average Bonchev–Trinajstić information content (AvgIpc) is 2.64. The summed E-state index contributed by atoms with van der Waals surface area (Å²) in [4.78, 5) is 47.2. The Bertz CT molecular complexity index is 859. The minimum absolute atomic E-state index is 0.0258.